The van der Waals surface area contributed by atoms with Gasteiger partial charge in [0.1, 0.15) is 6.61 Å². The Kier molecular flexibility index (Phi) is 13.2. The number of esters is 1. The van der Waals surface area contributed by atoms with Gasteiger partial charge in [0.2, 0.25) is 0 Å². The summed E-state index contributed by atoms with van der Waals surface area (Å²) in [6.07, 6.45) is 11.6. The summed E-state index contributed by atoms with van der Waals surface area (Å²) in [6.45, 7) is 16.0. The van der Waals surface area contributed by atoms with Crippen LogP contribution in [0.4, 0.5) is 0 Å². The lowest BCUT2D eigenvalue weighted by Crippen LogP contribution is -2.44. The van der Waals surface area contributed by atoms with Crippen molar-refractivity contribution in [3.05, 3.63) is 24.8 Å². The molecular weight excluding hydrogens is 524 g/mol. The van der Waals surface area contributed by atoms with Crippen LogP contribution >= 0.6 is 0 Å². The predicted octanol–water partition coefficient (Wildman–Crippen LogP) is 5.75. The second-order valence-corrected chi connectivity index (χ2v) is 18.4. The van der Waals surface area contributed by atoms with Gasteiger partial charge in [-0.3, -0.25) is 8.98 Å². The SMILES string of the molecule is C=CCOC(=O)CCC/C=C\C[C@@H]1[C@@H](CO[Si](C)(C)C(C)(C)C)[C@H](OC2CCCCO2)C[C@H]1OS(C)(=O)=O. The molecule has 0 N–H and O–H groups in total. The Labute approximate surface area is 231 Å². The molecule has 0 aromatic rings. The average Bonchev–Trinajstić information content (AvgIpc) is 3.12. The summed E-state index contributed by atoms with van der Waals surface area (Å²) >= 11 is 0. The molecule has 1 aliphatic carbocycles. The molecular formula is C28H50O8SSi. The molecule has 1 heterocycles. The van der Waals surface area contributed by atoms with E-state index < -0.39 is 24.5 Å². The van der Waals surface area contributed by atoms with Crippen LogP contribution in [0, 0.1) is 11.8 Å². The maximum absolute atomic E-state index is 12.2. The van der Waals surface area contributed by atoms with E-state index in [9.17, 15) is 13.2 Å². The molecule has 38 heavy (non-hydrogen) atoms. The van der Waals surface area contributed by atoms with Crippen LogP contribution in [-0.2, 0) is 37.7 Å². The van der Waals surface area contributed by atoms with Crippen LogP contribution in [0.5, 0.6) is 0 Å². The number of rotatable bonds is 15. The highest BCUT2D eigenvalue weighted by atomic mass is 32.2. The Balaban J connectivity index is 2.14. The van der Waals surface area contributed by atoms with Crippen LogP contribution in [0.1, 0.15) is 72.1 Å². The third-order valence-electron chi connectivity index (χ3n) is 7.86. The van der Waals surface area contributed by atoms with Crippen LogP contribution in [0.25, 0.3) is 0 Å². The van der Waals surface area contributed by atoms with Crippen molar-refractivity contribution in [1.29, 1.82) is 0 Å². The second kappa shape index (κ2) is 15.1. The smallest absolute Gasteiger partial charge is 0.306 e. The summed E-state index contributed by atoms with van der Waals surface area (Å²) in [5.41, 5.74) is 0. The van der Waals surface area contributed by atoms with Crippen molar-refractivity contribution < 1.29 is 36.0 Å². The molecule has 1 saturated heterocycles. The first-order valence-electron chi connectivity index (χ1n) is 13.9. The monoisotopic (exact) mass is 574 g/mol. The van der Waals surface area contributed by atoms with E-state index in [2.05, 4.69) is 46.5 Å². The van der Waals surface area contributed by atoms with E-state index in [0.29, 0.717) is 38.9 Å². The molecule has 8 nitrogen and oxygen atoms in total. The molecule has 2 rings (SSSR count). The lowest BCUT2D eigenvalue weighted by Gasteiger charge is -2.38. The quantitative estimate of drug-likeness (QED) is 0.0802. The van der Waals surface area contributed by atoms with Gasteiger partial charge in [0.05, 0.1) is 18.5 Å². The van der Waals surface area contributed by atoms with Crippen molar-refractivity contribution >= 4 is 24.4 Å². The van der Waals surface area contributed by atoms with Gasteiger partial charge in [-0.05, 0) is 62.6 Å². The molecule has 1 saturated carbocycles. The summed E-state index contributed by atoms with van der Waals surface area (Å²) < 4.78 is 53.9. The number of carbonyl (C=O) groups excluding carboxylic acids is 1. The Morgan fingerprint density at radius 2 is 1.87 bits per heavy atom. The zero-order chi connectivity index (χ0) is 28.4. The molecule has 0 bridgehead atoms. The van der Waals surface area contributed by atoms with Gasteiger partial charge in [0.25, 0.3) is 10.1 Å². The highest BCUT2D eigenvalue weighted by molar-refractivity contribution is 7.86. The van der Waals surface area contributed by atoms with Crippen LogP contribution in [0.2, 0.25) is 18.1 Å². The van der Waals surface area contributed by atoms with E-state index in [1.165, 1.54) is 0 Å². The van der Waals surface area contributed by atoms with E-state index in [4.69, 9.17) is 22.8 Å². The summed E-state index contributed by atoms with van der Waals surface area (Å²) in [5, 5.41) is 0.0549. The van der Waals surface area contributed by atoms with Crippen LogP contribution in [0.3, 0.4) is 0 Å². The summed E-state index contributed by atoms with van der Waals surface area (Å²) in [4.78, 5) is 11.7. The third kappa shape index (κ3) is 11.2. The standard InChI is InChI=1S/C28H50O8SSi/c1-8-18-32-26(29)16-12-10-9-11-15-22-23(21-34-38(6,7)28(2,3)4)24(20-25(22)36-37(5,30)31)35-27-17-13-14-19-33-27/h8-9,11,22-25,27H,1,10,12-21H2,2-7H3/b11-9-/t22-,23-,24-,25-,27?/m1/s1. The Morgan fingerprint density at radius 3 is 2.47 bits per heavy atom. The average molecular weight is 575 g/mol. The number of hydrogen-bond acceptors (Lipinski definition) is 8. The predicted molar refractivity (Wildman–Crippen MR) is 152 cm³/mol. The molecule has 1 unspecified atom stereocenters. The molecule has 10 heteroatoms. The van der Waals surface area contributed by atoms with Gasteiger partial charge in [-0.15, -0.1) is 0 Å². The van der Waals surface area contributed by atoms with Crippen LogP contribution < -0.4 is 0 Å². The van der Waals surface area contributed by atoms with Crippen LogP contribution in [-0.4, -0.2) is 67.3 Å². The van der Waals surface area contributed by atoms with Crippen molar-refractivity contribution in [2.24, 2.45) is 11.8 Å². The largest absolute Gasteiger partial charge is 0.461 e. The minimum Gasteiger partial charge on any atom is -0.461 e. The van der Waals surface area contributed by atoms with Gasteiger partial charge >= 0.3 is 5.97 Å². The Morgan fingerprint density at radius 1 is 1.13 bits per heavy atom. The minimum absolute atomic E-state index is 0.0278. The second-order valence-electron chi connectivity index (χ2n) is 12.0. The minimum atomic E-state index is -3.64. The number of allylic oxidation sites excluding steroid dienone is 2. The van der Waals surface area contributed by atoms with Crippen LogP contribution in [0.15, 0.2) is 24.8 Å². The molecule has 220 valence electrons. The highest BCUT2D eigenvalue weighted by Gasteiger charge is 2.48. The van der Waals surface area contributed by atoms with Gasteiger partial charge in [0.15, 0.2) is 14.6 Å². The molecule has 5 atom stereocenters. The summed E-state index contributed by atoms with van der Waals surface area (Å²) in [7, 11) is -5.68. The highest BCUT2D eigenvalue weighted by Crippen LogP contribution is 2.43. The zero-order valence-electron chi connectivity index (χ0n) is 24.3. The van der Waals surface area contributed by atoms with Gasteiger partial charge in [-0.25, -0.2) is 0 Å². The third-order valence-corrected chi connectivity index (χ3v) is 13.0. The fourth-order valence-corrected chi connectivity index (χ4v) is 6.39. The number of ether oxygens (including phenoxy) is 3. The van der Waals surface area contributed by atoms with E-state index in [-0.39, 0.29) is 41.8 Å². The Bertz CT molecular complexity index is 874. The van der Waals surface area contributed by atoms with Crippen molar-refractivity contribution in [3.63, 3.8) is 0 Å². The van der Waals surface area contributed by atoms with Crippen molar-refractivity contribution in [3.8, 4) is 0 Å². The molecule has 0 aromatic heterocycles. The fourth-order valence-electron chi connectivity index (χ4n) is 4.67. The molecule has 1 aliphatic heterocycles. The van der Waals surface area contributed by atoms with Gasteiger partial charge in [-0.1, -0.05) is 45.6 Å². The molecule has 0 radical (unpaired) electrons. The Hall–Kier alpha value is -1.04. The molecule has 0 aromatic carbocycles. The van der Waals surface area contributed by atoms with Gasteiger partial charge in [0, 0.05) is 32.0 Å². The number of unbranched alkanes of at least 4 members (excludes halogenated alkanes) is 1. The molecule has 2 fully saturated rings. The number of carbonyl (C=O) groups is 1. The molecule has 0 amide bonds. The zero-order valence-corrected chi connectivity index (χ0v) is 26.1. The lowest BCUT2D eigenvalue weighted by molar-refractivity contribution is -0.197. The summed E-state index contributed by atoms with van der Waals surface area (Å²) in [6, 6.07) is 0. The maximum atomic E-state index is 12.2. The fraction of sp³-hybridized carbons (Fsp3) is 0.821. The molecule has 0 spiro atoms. The lowest BCUT2D eigenvalue weighted by atomic mass is 9.91. The number of hydrogen-bond donors (Lipinski definition) is 0. The van der Waals surface area contributed by atoms with E-state index in [0.717, 1.165) is 31.9 Å². The van der Waals surface area contributed by atoms with E-state index in [1.807, 2.05) is 6.08 Å². The first kappa shape index (κ1) is 33.2. The van der Waals surface area contributed by atoms with Gasteiger partial charge < -0.3 is 18.6 Å². The van der Waals surface area contributed by atoms with E-state index in [1.54, 1.807) is 6.08 Å². The topological polar surface area (TPSA) is 97.4 Å². The van der Waals surface area contributed by atoms with E-state index >= 15 is 0 Å². The van der Waals surface area contributed by atoms with Crippen molar-refractivity contribution in [2.45, 2.75) is 109 Å². The van der Waals surface area contributed by atoms with Gasteiger partial charge in [-0.2, -0.15) is 8.42 Å². The van der Waals surface area contributed by atoms with Crippen molar-refractivity contribution in [1.82, 2.24) is 0 Å². The normalized spacial score (nSPS) is 27.1. The maximum Gasteiger partial charge on any atom is 0.306 e. The molecule has 2 aliphatic rings. The van der Waals surface area contributed by atoms with Crippen molar-refractivity contribution in [2.75, 3.05) is 26.1 Å². The first-order valence-corrected chi connectivity index (χ1v) is 18.7. The first-order chi connectivity index (χ1) is 17.7. The summed E-state index contributed by atoms with van der Waals surface area (Å²) in [5.74, 6) is -0.347.